The number of hydrogen-bond donors (Lipinski definition) is 2. The predicted octanol–water partition coefficient (Wildman–Crippen LogP) is 4.68. The van der Waals surface area contributed by atoms with Gasteiger partial charge in [-0.25, -0.2) is 9.97 Å². The highest BCUT2D eigenvalue weighted by molar-refractivity contribution is 7.18. The molecule has 1 aliphatic heterocycles. The summed E-state index contributed by atoms with van der Waals surface area (Å²) in [7, 11) is 0. The van der Waals surface area contributed by atoms with Gasteiger partial charge in [-0.1, -0.05) is 0 Å². The highest BCUT2D eigenvalue weighted by atomic mass is 32.1. The number of aromatic amines is 1. The maximum Gasteiger partial charge on any atom is 0.218 e. The van der Waals surface area contributed by atoms with E-state index < -0.39 is 0 Å². The first-order valence-corrected chi connectivity index (χ1v) is 9.20. The number of H-pyrrole nitrogens is 1. The van der Waals surface area contributed by atoms with Crippen molar-refractivity contribution in [3.8, 4) is 17.4 Å². The van der Waals surface area contributed by atoms with Gasteiger partial charge in [0, 0.05) is 16.3 Å². The van der Waals surface area contributed by atoms with Crippen LogP contribution in [0, 0.1) is 13.8 Å². The molecule has 0 bridgehead atoms. The fourth-order valence-corrected chi connectivity index (χ4v) is 4.13. The van der Waals surface area contributed by atoms with Crippen LogP contribution in [0.4, 0.5) is 11.5 Å². The quantitative estimate of drug-likeness (QED) is 0.490. The Kier molecular flexibility index (Phi) is 3.51. The maximum atomic E-state index is 10.3. The number of hydrogen-bond acceptors (Lipinski definition) is 8. The summed E-state index contributed by atoms with van der Waals surface area (Å²) in [5.74, 6) is 1.67. The number of nitrogens with zero attached hydrogens (tertiary/aromatic N) is 4. The molecule has 2 N–H and O–H groups in total. The van der Waals surface area contributed by atoms with E-state index in [-0.39, 0.29) is 5.88 Å². The van der Waals surface area contributed by atoms with Crippen LogP contribution in [0.1, 0.15) is 10.4 Å². The third-order valence-electron chi connectivity index (χ3n) is 4.60. The molecule has 4 aromatic rings. The van der Waals surface area contributed by atoms with Crippen LogP contribution in [0.3, 0.4) is 0 Å². The van der Waals surface area contributed by atoms with Gasteiger partial charge in [0.15, 0.2) is 23.0 Å². The Balaban J connectivity index is 1.64. The molecule has 0 atom stereocenters. The van der Waals surface area contributed by atoms with Crippen LogP contribution in [0.15, 0.2) is 28.7 Å². The van der Waals surface area contributed by atoms with Crippen molar-refractivity contribution in [1.82, 2.24) is 15.0 Å². The summed E-state index contributed by atoms with van der Waals surface area (Å²) < 4.78 is 11.2. The molecule has 9 heteroatoms. The normalized spacial score (nSPS) is 13.9. The summed E-state index contributed by atoms with van der Waals surface area (Å²) in [5, 5.41) is 20.5. The van der Waals surface area contributed by atoms with Gasteiger partial charge in [-0.3, -0.25) is 0 Å². The van der Waals surface area contributed by atoms with E-state index in [1.54, 1.807) is 23.5 Å². The summed E-state index contributed by atoms with van der Waals surface area (Å²) in [4.78, 5) is 13.5. The lowest BCUT2D eigenvalue weighted by Crippen LogP contribution is -2.15. The van der Waals surface area contributed by atoms with Crippen LogP contribution >= 0.6 is 11.3 Å². The summed E-state index contributed by atoms with van der Waals surface area (Å²) in [6, 6.07) is 3.59. The van der Waals surface area contributed by atoms with Gasteiger partial charge < -0.3 is 19.6 Å². The molecule has 4 heterocycles. The van der Waals surface area contributed by atoms with Crippen molar-refractivity contribution in [2.45, 2.75) is 13.8 Å². The molecule has 27 heavy (non-hydrogen) atoms. The zero-order chi connectivity index (χ0) is 18.5. The van der Waals surface area contributed by atoms with Gasteiger partial charge in [0.25, 0.3) is 0 Å². The van der Waals surface area contributed by atoms with E-state index >= 15 is 0 Å². The second-order valence-corrected chi connectivity index (χ2v) is 7.43. The van der Waals surface area contributed by atoms with Gasteiger partial charge in [-0.05, 0) is 25.5 Å². The van der Waals surface area contributed by atoms with Gasteiger partial charge in [0.1, 0.15) is 24.4 Å². The molecule has 0 aliphatic carbocycles. The van der Waals surface area contributed by atoms with Gasteiger partial charge in [0.2, 0.25) is 5.88 Å². The number of fused-ring (bicyclic) bond motifs is 3. The number of rotatable bonds is 2. The van der Waals surface area contributed by atoms with Crippen molar-refractivity contribution in [3.63, 3.8) is 0 Å². The van der Waals surface area contributed by atoms with E-state index in [0.717, 1.165) is 15.8 Å². The number of ether oxygens (including phenoxy) is 2. The zero-order valence-corrected chi connectivity index (χ0v) is 15.4. The highest BCUT2D eigenvalue weighted by Crippen LogP contribution is 2.43. The largest absolute Gasteiger partial charge is 0.493 e. The van der Waals surface area contributed by atoms with Crippen molar-refractivity contribution < 1.29 is 14.6 Å². The van der Waals surface area contributed by atoms with Gasteiger partial charge in [0.05, 0.1) is 10.9 Å². The molecule has 0 amide bonds. The van der Waals surface area contributed by atoms with Crippen molar-refractivity contribution in [2.75, 3.05) is 13.2 Å². The number of aromatic nitrogens is 3. The van der Waals surface area contributed by atoms with Gasteiger partial charge in [-0.2, -0.15) is 0 Å². The first kappa shape index (κ1) is 16.0. The van der Waals surface area contributed by atoms with E-state index in [0.29, 0.717) is 47.1 Å². The lowest BCUT2D eigenvalue weighted by atomic mass is 10.2. The van der Waals surface area contributed by atoms with Crippen molar-refractivity contribution in [1.29, 1.82) is 0 Å². The van der Waals surface area contributed by atoms with Crippen molar-refractivity contribution >= 4 is 44.0 Å². The third-order valence-corrected chi connectivity index (χ3v) is 5.72. The van der Waals surface area contributed by atoms with Crippen LogP contribution in [0.2, 0.25) is 0 Å². The van der Waals surface area contributed by atoms with Gasteiger partial charge in [-0.15, -0.1) is 21.6 Å². The molecule has 8 nitrogen and oxygen atoms in total. The zero-order valence-electron chi connectivity index (χ0n) is 14.6. The second-order valence-electron chi connectivity index (χ2n) is 6.22. The monoisotopic (exact) mass is 381 g/mol. The number of aromatic hydroxyl groups is 1. The number of aryl methyl sites for hydroxylation is 2. The molecule has 0 fully saturated rings. The van der Waals surface area contributed by atoms with E-state index in [4.69, 9.17) is 9.47 Å². The highest BCUT2D eigenvalue weighted by Gasteiger charge is 2.18. The van der Waals surface area contributed by atoms with E-state index in [1.165, 1.54) is 11.2 Å². The van der Waals surface area contributed by atoms with E-state index in [9.17, 15) is 5.11 Å². The Labute approximate surface area is 157 Å². The van der Waals surface area contributed by atoms with Gasteiger partial charge >= 0.3 is 0 Å². The third kappa shape index (κ3) is 2.50. The topological polar surface area (TPSA) is 105 Å². The summed E-state index contributed by atoms with van der Waals surface area (Å²) in [6.45, 7) is 5.05. The fourth-order valence-electron chi connectivity index (χ4n) is 3.14. The molecule has 136 valence electrons. The van der Waals surface area contributed by atoms with Crippen LogP contribution < -0.4 is 9.47 Å². The molecule has 0 radical (unpaired) electrons. The first-order chi connectivity index (χ1) is 13.1. The Bertz CT molecular complexity index is 1230. The molecular weight excluding hydrogens is 366 g/mol. The smallest absolute Gasteiger partial charge is 0.218 e. The average molecular weight is 381 g/mol. The Morgan fingerprint density at radius 1 is 1.11 bits per heavy atom. The second kappa shape index (κ2) is 5.92. The minimum absolute atomic E-state index is 0.0698. The SMILES string of the molecule is Cc1sc2ncnc(N=Nc3c(O)[nH]c4cc5c(cc34)OCCO5)c2c1C. The Morgan fingerprint density at radius 2 is 1.89 bits per heavy atom. The predicted molar refractivity (Wildman–Crippen MR) is 102 cm³/mol. The van der Waals surface area contributed by atoms with Crippen LogP contribution in [0.5, 0.6) is 17.4 Å². The van der Waals surface area contributed by atoms with Crippen molar-refractivity contribution in [3.05, 3.63) is 28.9 Å². The summed E-state index contributed by atoms with van der Waals surface area (Å²) in [6.07, 6.45) is 1.47. The molecule has 0 unspecified atom stereocenters. The van der Waals surface area contributed by atoms with E-state index in [2.05, 4.69) is 25.2 Å². The summed E-state index contributed by atoms with van der Waals surface area (Å²) in [5.41, 5.74) is 2.12. The van der Waals surface area contributed by atoms with Crippen LogP contribution in [-0.4, -0.2) is 33.3 Å². The first-order valence-electron chi connectivity index (χ1n) is 8.38. The van der Waals surface area contributed by atoms with E-state index in [1.807, 2.05) is 13.8 Å². The Morgan fingerprint density at radius 3 is 2.70 bits per heavy atom. The molecule has 0 spiro atoms. The Hall–Kier alpha value is -3.20. The summed E-state index contributed by atoms with van der Waals surface area (Å²) >= 11 is 1.60. The molecule has 0 saturated heterocycles. The van der Waals surface area contributed by atoms with Crippen molar-refractivity contribution in [2.24, 2.45) is 10.2 Å². The number of azo groups is 1. The molecule has 0 saturated carbocycles. The maximum absolute atomic E-state index is 10.3. The van der Waals surface area contributed by atoms with Crippen LogP contribution in [0.25, 0.3) is 21.1 Å². The molecule has 5 rings (SSSR count). The molecule has 1 aliphatic rings. The standard InChI is InChI=1S/C18H15N5O3S/c1-8-9(2)27-18-14(8)16(19-7-20-18)23-22-15-10-5-12-13(26-4-3-25-12)6-11(10)21-17(15)24/h5-7,21,24H,3-4H2,1-2H3. The minimum atomic E-state index is -0.0698. The molecular formula is C18H15N5O3S. The lowest BCUT2D eigenvalue weighted by molar-refractivity contribution is 0.172. The molecule has 3 aromatic heterocycles. The number of thiophene rings is 1. The number of nitrogens with one attached hydrogen (secondary N) is 1. The average Bonchev–Trinajstić information content (AvgIpc) is 3.13. The molecule has 1 aromatic carbocycles. The van der Waals surface area contributed by atoms with Crippen LogP contribution in [-0.2, 0) is 0 Å². The lowest BCUT2D eigenvalue weighted by Gasteiger charge is -2.18. The number of benzene rings is 1. The fraction of sp³-hybridized carbons (Fsp3) is 0.222. The minimum Gasteiger partial charge on any atom is -0.493 e.